The van der Waals surface area contributed by atoms with Crippen molar-refractivity contribution in [1.82, 2.24) is 0 Å². The molecule has 0 atom stereocenters. The lowest BCUT2D eigenvalue weighted by molar-refractivity contribution is -0.119. The molecule has 0 radical (unpaired) electrons. The minimum atomic E-state index is -0.604. The lowest BCUT2D eigenvalue weighted by Crippen LogP contribution is -2.42. The molecule has 35 heavy (non-hydrogen) atoms. The number of fused-ring (bicyclic) bond motifs is 2. The molecule has 4 rings (SSSR count). The summed E-state index contributed by atoms with van der Waals surface area (Å²) in [7, 11) is 0.349. The van der Waals surface area contributed by atoms with Crippen molar-refractivity contribution in [2.45, 2.75) is 28.5 Å². The summed E-state index contributed by atoms with van der Waals surface area (Å²) in [6, 6.07) is 10.8. The average Bonchev–Trinajstić information content (AvgIpc) is 2.78. The molecule has 0 fully saturated rings. The van der Waals surface area contributed by atoms with Gasteiger partial charge in [-0.2, -0.15) is 0 Å². The Hall–Kier alpha value is -3.08. The average molecular weight is 488 g/mol. The third-order valence-corrected chi connectivity index (χ3v) is 5.20. The summed E-state index contributed by atoms with van der Waals surface area (Å²) in [5.74, 6) is 1.27. The van der Waals surface area contributed by atoms with Crippen LogP contribution in [0, 0.1) is 0 Å². The molecule has 192 valence electrons. The SMILES string of the molecule is C.C.CB(O)N1CCOc2ccc(N)cc21.COCC(=O)Nc1ccc2c(c1)N(B(C)O)CCO2. The van der Waals surface area contributed by atoms with Crippen LogP contribution in [-0.4, -0.2) is 70.1 Å². The van der Waals surface area contributed by atoms with Crippen molar-refractivity contribution >= 4 is 42.8 Å². The molecule has 5 N–H and O–H groups in total. The third kappa shape index (κ3) is 7.71. The zero-order chi connectivity index (χ0) is 24.0. The first kappa shape index (κ1) is 30.0. The Morgan fingerprint density at radius 3 is 2.03 bits per heavy atom. The van der Waals surface area contributed by atoms with Crippen molar-refractivity contribution in [2.75, 3.05) is 60.7 Å². The van der Waals surface area contributed by atoms with Crippen molar-refractivity contribution in [3.63, 3.8) is 0 Å². The van der Waals surface area contributed by atoms with E-state index in [1.54, 1.807) is 37.9 Å². The smallest absolute Gasteiger partial charge is 0.409 e. The molecule has 0 aromatic heterocycles. The maximum atomic E-state index is 11.5. The molecule has 1 amide bonds. The van der Waals surface area contributed by atoms with Crippen LogP contribution in [-0.2, 0) is 9.53 Å². The summed E-state index contributed by atoms with van der Waals surface area (Å²) in [5.41, 5.74) is 8.65. The van der Waals surface area contributed by atoms with Crippen LogP contribution in [0.3, 0.4) is 0 Å². The number of methoxy groups -OCH3 is 1. The van der Waals surface area contributed by atoms with E-state index in [-0.39, 0.29) is 27.4 Å². The maximum absolute atomic E-state index is 11.5. The number of nitrogens with zero attached hydrogens (tertiary/aromatic N) is 2. The zero-order valence-corrected chi connectivity index (χ0v) is 19.2. The number of nitrogen functional groups attached to an aromatic ring is 1. The van der Waals surface area contributed by atoms with E-state index >= 15 is 0 Å². The van der Waals surface area contributed by atoms with Gasteiger partial charge in [0.15, 0.2) is 0 Å². The molecule has 10 nitrogen and oxygen atoms in total. The Kier molecular flexibility index (Phi) is 11.7. The van der Waals surface area contributed by atoms with E-state index < -0.39 is 14.1 Å². The molecule has 2 aliphatic heterocycles. The normalized spacial score (nSPS) is 13.2. The van der Waals surface area contributed by atoms with Crippen LogP contribution < -0.4 is 30.1 Å². The number of nitrogens with two attached hydrogens (primary N) is 1. The molecule has 2 aliphatic rings. The van der Waals surface area contributed by atoms with Crippen molar-refractivity contribution in [1.29, 1.82) is 0 Å². The second-order valence-corrected chi connectivity index (χ2v) is 7.74. The van der Waals surface area contributed by atoms with Gasteiger partial charge in [0.2, 0.25) is 5.91 Å². The first-order valence-electron chi connectivity index (χ1n) is 10.8. The lowest BCUT2D eigenvalue weighted by Gasteiger charge is -2.32. The third-order valence-electron chi connectivity index (χ3n) is 5.20. The van der Waals surface area contributed by atoms with E-state index in [0.29, 0.717) is 43.4 Å². The van der Waals surface area contributed by atoms with E-state index in [1.807, 2.05) is 21.8 Å². The molecule has 0 saturated heterocycles. The number of rotatable bonds is 5. The highest BCUT2D eigenvalue weighted by Crippen LogP contribution is 2.35. The molecule has 12 heteroatoms. The number of hydrogen-bond donors (Lipinski definition) is 4. The molecule has 0 saturated carbocycles. The minimum Gasteiger partial charge on any atom is -0.490 e. The fourth-order valence-electron chi connectivity index (χ4n) is 3.68. The Bertz CT molecular complexity index is 964. The lowest BCUT2D eigenvalue weighted by atomic mass is 9.83. The van der Waals surface area contributed by atoms with E-state index in [2.05, 4.69) is 5.32 Å². The second kappa shape index (κ2) is 13.7. The monoisotopic (exact) mass is 488 g/mol. The number of amides is 1. The van der Waals surface area contributed by atoms with Crippen molar-refractivity contribution in [3.05, 3.63) is 36.4 Å². The number of carbonyl (C=O) groups excluding carboxylic acids is 1. The molecule has 0 bridgehead atoms. The van der Waals surface area contributed by atoms with Gasteiger partial charge in [-0.1, -0.05) is 14.9 Å². The topological polar surface area (TPSA) is 130 Å². The van der Waals surface area contributed by atoms with Crippen LogP contribution >= 0.6 is 0 Å². The first-order chi connectivity index (χ1) is 15.8. The molecule has 2 aromatic rings. The van der Waals surface area contributed by atoms with Crippen LogP contribution in [0.5, 0.6) is 11.5 Å². The van der Waals surface area contributed by atoms with Crippen LogP contribution in [0.1, 0.15) is 14.9 Å². The van der Waals surface area contributed by atoms with Gasteiger partial charge in [0, 0.05) is 31.6 Å². The van der Waals surface area contributed by atoms with Gasteiger partial charge in [-0.3, -0.25) is 4.79 Å². The number of carbonyl (C=O) groups is 1. The number of benzene rings is 2. The van der Waals surface area contributed by atoms with Gasteiger partial charge in [0.1, 0.15) is 31.3 Å². The quantitative estimate of drug-likeness (QED) is 0.371. The Morgan fingerprint density at radius 2 is 1.51 bits per heavy atom. The van der Waals surface area contributed by atoms with Gasteiger partial charge in [-0.05, 0) is 50.0 Å². The summed E-state index contributed by atoms with van der Waals surface area (Å²) < 4.78 is 15.7. The van der Waals surface area contributed by atoms with Gasteiger partial charge < -0.3 is 44.9 Å². The highest BCUT2D eigenvalue weighted by molar-refractivity contribution is 6.54. The molecule has 2 aromatic carbocycles. The summed E-state index contributed by atoms with van der Waals surface area (Å²) >= 11 is 0. The van der Waals surface area contributed by atoms with Gasteiger partial charge in [0.25, 0.3) is 0 Å². The predicted octanol–water partition coefficient (Wildman–Crippen LogP) is 2.43. The van der Waals surface area contributed by atoms with Gasteiger partial charge in [-0.25, -0.2) is 0 Å². The molecule has 2 heterocycles. The van der Waals surface area contributed by atoms with Crippen molar-refractivity contribution in [2.24, 2.45) is 0 Å². The predicted molar refractivity (Wildman–Crippen MR) is 145 cm³/mol. The van der Waals surface area contributed by atoms with Gasteiger partial charge in [0.05, 0.1) is 11.4 Å². The summed E-state index contributed by atoms with van der Waals surface area (Å²) in [6.45, 7) is 5.88. The summed E-state index contributed by atoms with van der Waals surface area (Å²) in [4.78, 5) is 15.2. The molecule has 0 spiro atoms. The Labute approximate surface area is 209 Å². The fourth-order valence-corrected chi connectivity index (χ4v) is 3.68. The number of anilines is 4. The molecular formula is C23H38B2N4O6. The van der Waals surface area contributed by atoms with E-state index in [0.717, 1.165) is 17.1 Å². The Morgan fingerprint density at radius 1 is 1.00 bits per heavy atom. The standard InChI is InChI=1S/C12H17BN2O4.C9H13BN2O2.2CH4/c1-13(17)15-5-6-19-11-4-3-9(7-10(11)15)14-12(16)8-18-2;1-10(13)12-4-5-14-9-3-2-7(11)6-8(9)12;;/h3-4,7,17H,5-6,8H2,1-2H3,(H,14,16);2-3,6,13H,4-5,11H2,1H3;2*1H4. The molecule has 0 aliphatic carbocycles. The van der Waals surface area contributed by atoms with E-state index in [9.17, 15) is 14.8 Å². The fraction of sp³-hybridized carbons (Fsp3) is 0.435. The summed E-state index contributed by atoms with van der Waals surface area (Å²) in [5, 5.41) is 22.0. The largest absolute Gasteiger partial charge is 0.490 e. The Balaban J connectivity index is 0.000000344. The van der Waals surface area contributed by atoms with Crippen LogP contribution in [0.25, 0.3) is 0 Å². The van der Waals surface area contributed by atoms with E-state index in [4.69, 9.17) is 19.9 Å². The summed E-state index contributed by atoms with van der Waals surface area (Å²) in [6.07, 6.45) is 0. The zero-order valence-electron chi connectivity index (χ0n) is 19.2. The van der Waals surface area contributed by atoms with Gasteiger partial charge >= 0.3 is 14.1 Å². The van der Waals surface area contributed by atoms with Crippen LogP contribution in [0.4, 0.5) is 22.7 Å². The van der Waals surface area contributed by atoms with Crippen molar-refractivity contribution < 1.29 is 29.1 Å². The second-order valence-electron chi connectivity index (χ2n) is 7.74. The van der Waals surface area contributed by atoms with Gasteiger partial charge in [-0.15, -0.1) is 0 Å². The first-order valence-corrected chi connectivity index (χ1v) is 10.8. The maximum Gasteiger partial charge on any atom is 0.409 e. The van der Waals surface area contributed by atoms with E-state index in [1.165, 1.54) is 7.11 Å². The number of hydrogen-bond acceptors (Lipinski definition) is 9. The molecule has 0 unspecified atom stereocenters. The highest BCUT2D eigenvalue weighted by Gasteiger charge is 2.25. The minimum absolute atomic E-state index is 0. The van der Waals surface area contributed by atoms with Crippen LogP contribution in [0.2, 0.25) is 13.6 Å². The highest BCUT2D eigenvalue weighted by atomic mass is 16.5. The number of nitrogens with one attached hydrogen (secondary N) is 1. The van der Waals surface area contributed by atoms with Crippen LogP contribution in [0.15, 0.2) is 36.4 Å². The number of ether oxygens (including phenoxy) is 3. The van der Waals surface area contributed by atoms with Crippen molar-refractivity contribution in [3.8, 4) is 11.5 Å². The molecular weight excluding hydrogens is 450 g/mol.